The SMILES string of the molecule is NCCCC[C@@H]1NC(=O)CCSCc2cccc3cccc(c23)CSC[C@@H](C(N)=O)NC(=O)[C@@H]2CCCN2C(=O)[C@H](Cc2ccc(O)cc2)NC(=O)[C@H](Cc2c[nH]cn2)NC(=O)[C@H](CC(=O)O)NC(=O)[C@H](Cc2c[nH]c3ccc(F)cc23)NC(=O)[C@H](Cc2c[nH]c3ccc(F)cc23)NC(=O)CNC1=O. The summed E-state index contributed by atoms with van der Waals surface area (Å²) in [5.74, 6) is -10.8. The smallest absolute Gasteiger partial charge is 0.305 e. The van der Waals surface area contributed by atoms with E-state index in [9.17, 15) is 52.6 Å². The summed E-state index contributed by atoms with van der Waals surface area (Å²) >= 11 is 2.82. The number of aromatic amines is 3. The highest BCUT2D eigenvalue weighted by molar-refractivity contribution is 7.98. The van der Waals surface area contributed by atoms with Gasteiger partial charge in [-0.05, 0) is 126 Å². The predicted octanol–water partition coefficient (Wildman–Crippen LogP) is 2.94. The van der Waals surface area contributed by atoms with Gasteiger partial charge in [0, 0.05) is 102 Å². The molecule has 8 aromatic rings. The van der Waals surface area contributed by atoms with Crippen molar-refractivity contribution in [1.29, 1.82) is 0 Å². The lowest BCUT2D eigenvalue weighted by Crippen LogP contribution is -2.61. The van der Waals surface area contributed by atoms with Crippen LogP contribution < -0.4 is 54.0 Å². The number of primary amides is 1. The van der Waals surface area contributed by atoms with Gasteiger partial charge in [-0.2, -0.15) is 23.5 Å². The molecule has 548 valence electrons. The number of hydrogen-bond acceptors (Lipinski definition) is 16. The molecule has 1 fully saturated rings. The third-order valence-corrected chi connectivity index (χ3v) is 20.2. The van der Waals surface area contributed by atoms with Crippen LogP contribution in [0, 0.1) is 11.6 Å². The number of nitrogens with two attached hydrogens (primary N) is 2. The first-order valence-electron chi connectivity index (χ1n) is 33.9. The zero-order valence-corrected chi connectivity index (χ0v) is 58.0. The molecule has 3 aromatic heterocycles. The normalized spacial score (nSPS) is 21.7. The number of thioether (sulfide) groups is 2. The van der Waals surface area contributed by atoms with Crippen LogP contribution in [0.25, 0.3) is 32.6 Å². The molecule has 0 spiro atoms. The Kier molecular flexibility index (Phi) is 26.1. The summed E-state index contributed by atoms with van der Waals surface area (Å²) in [6.07, 6.45) is 4.49. The molecule has 17 N–H and O–H groups in total. The molecular formula is C72H81F2N15O13S2. The number of carbonyl (C=O) groups is 11. The van der Waals surface area contributed by atoms with Crippen molar-refractivity contribution in [2.75, 3.05) is 31.1 Å². The van der Waals surface area contributed by atoms with Gasteiger partial charge in [-0.1, -0.05) is 48.5 Å². The van der Waals surface area contributed by atoms with E-state index < -0.39 is 151 Å². The molecule has 104 heavy (non-hydrogen) atoms. The number of rotatable bonds is 15. The van der Waals surface area contributed by atoms with Crippen molar-refractivity contribution in [3.8, 4) is 5.75 Å². The number of imidazole rings is 1. The van der Waals surface area contributed by atoms with E-state index in [1.54, 1.807) is 0 Å². The zero-order valence-electron chi connectivity index (χ0n) is 56.4. The minimum absolute atomic E-state index is 0.00549. The fourth-order valence-electron chi connectivity index (χ4n) is 12.8. The summed E-state index contributed by atoms with van der Waals surface area (Å²) in [6, 6.07) is 12.8. The lowest BCUT2D eigenvalue weighted by molar-refractivity contribution is -0.143. The molecule has 2 aliphatic rings. The van der Waals surface area contributed by atoms with Gasteiger partial charge in [0.2, 0.25) is 59.1 Å². The number of aromatic hydroxyl groups is 1. The maximum absolute atomic E-state index is 15.1. The van der Waals surface area contributed by atoms with Gasteiger partial charge in [0.15, 0.2) is 0 Å². The van der Waals surface area contributed by atoms with E-state index in [4.69, 9.17) is 11.5 Å². The minimum atomic E-state index is -2.05. The van der Waals surface area contributed by atoms with Crippen molar-refractivity contribution in [2.45, 2.75) is 130 Å². The highest BCUT2D eigenvalue weighted by atomic mass is 32.2. The second kappa shape index (κ2) is 35.8. The summed E-state index contributed by atoms with van der Waals surface area (Å²) in [4.78, 5) is 172. The molecule has 1 saturated heterocycles. The number of aliphatic carboxylic acids is 1. The Hall–Kier alpha value is -10.9. The molecule has 0 radical (unpaired) electrons. The van der Waals surface area contributed by atoms with Crippen LogP contribution in [-0.2, 0) is 89.9 Å². The Morgan fingerprint density at radius 3 is 1.81 bits per heavy atom. The zero-order chi connectivity index (χ0) is 74.0. The Morgan fingerprint density at radius 2 is 1.20 bits per heavy atom. The average molecular weight is 1470 g/mol. The number of carboxylic acids is 1. The predicted molar refractivity (Wildman–Crippen MR) is 385 cm³/mol. The Bertz CT molecular complexity index is 4460. The van der Waals surface area contributed by atoms with Crippen LogP contribution in [0.4, 0.5) is 8.78 Å². The molecule has 32 heteroatoms. The minimum Gasteiger partial charge on any atom is -0.508 e. The molecule has 0 aliphatic carbocycles. The summed E-state index contributed by atoms with van der Waals surface area (Å²) in [5, 5.41) is 44.0. The lowest BCUT2D eigenvalue weighted by atomic mass is 10.0. The number of phenols is 1. The monoisotopic (exact) mass is 1470 g/mol. The molecule has 10 rings (SSSR count). The van der Waals surface area contributed by atoms with Crippen molar-refractivity contribution in [2.24, 2.45) is 11.5 Å². The molecular weight excluding hydrogens is 1390 g/mol. The topological polar surface area (TPSA) is 440 Å². The quantitative estimate of drug-likeness (QED) is 0.0656. The summed E-state index contributed by atoms with van der Waals surface area (Å²) in [7, 11) is 0. The molecule has 0 unspecified atom stereocenters. The molecule has 5 heterocycles. The number of H-pyrrole nitrogens is 3. The van der Waals surface area contributed by atoms with Gasteiger partial charge >= 0.3 is 5.97 Å². The van der Waals surface area contributed by atoms with Crippen molar-refractivity contribution in [1.82, 2.24) is 67.4 Å². The number of phenolic OH excluding ortho intramolecular Hbond substituents is 1. The van der Waals surface area contributed by atoms with Gasteiger partial charge in [-0.15, -0.1) is 0 Å². The number of nitrogens with zero attached hydrogens (tertiary/aromatic N) is 2. The van der Waals surface area contributed by atoms with Crippen LogP contribution in [0.1, 0.15) is 78.5 Å². The highest BCUT2D eigenvalue weighted by Crippen LogP contribution is 2.31. The number of unbranched alkanes of at least 4 members (excludes halogenated alkanes) is 1. The van der Waals surface area contributed by atoms with Gasteiger partial charge < -0.3 is 84.1 Å². The van der Waals surface area contributed by atoms with Gasteiger partial charge in [-0.3, -0.25) is 52.7 Å². The van der Waals surface area contributed by atoms with Gasteiger partial charge in [0.1, 0.15) is 65.7 Å². The second-order valence-corrected chi connectivity index (χ2v) is 27.7. The maximum atomic E-state index is 15.1. The Morgan fingerprint density at radius 1 is 0.615 bits per heavy atom. The standard InChI is InChI=1S/C72H81F2N15O13S2/c73-45-14-18-51-49(27-45)43(31-78-51)25-54-67(97)84-55(26-44-32-79-52-19-15-46(74)28-50(44)52)68(98)86-57(30-63(93)94)70(100)85-56(29-47-33-77-38-81-47)69(99)87-58(24-39-12-16-48(90)17-13-39)72(102)89-22-5-11-60(89)71(101)88-59(65(76)95)37-104-36-42-9-4-7-40-6-3-8-41(64(40)42)35-103-23-20-61(91)82-53(10-1-2-21-75)66(96)80-34-62(92)83-54/h3-4,6-9,12-19,27-28,31-33,38,53-60,78-79,90H,1-2,5,10-11,20-26,29-30,34-37,75H2,(H2,76,95)(H,77,81)(H,80,96)(H,82,91)(H,83,92)(H,84,97)(H,85,100)(H,86,98)(H,87,99)(H,88,101)(H,93,94)/t53-,54-,55-,56-,57-,58-,59-,60-/m0/s1. The number of aromatic nitrogens is 4. The number of hydrogen-bond donors (Lipinski definition) is 15. The number of nitrogens with one attached hydrogen (secondary N) is 11. The number of fused-ring (bicyclic) bond motifs is 3. The molecule has 0 saturated carbocycles. The summed E-state index contributed by atoms with van der Waals surface area (Å²) < 4.78 is 29.9. The molecule has 10 amide bonds. The van der Waals surface area contributed by atoms with E-state index in [2.05, 4.69) is 62.5 Å². The number of halogens is 2. The number of amides is 10. The molecule has 28 nitrogen and oxygen atoms in total. The van der Waals surface area contributed by atoms with Crippen molar-refractivity contribution < 1.29 is 71.7 Å². The van der Waals surface area contributed by atoms with E-state index in [0.29, 0.717) is 64.1 Å². The first-order valence-corrected chi connectivity index (χ1v) is 36.2. The average Bonchev–Trinajstić information content (AvgIpc) is 1.15. The van der Waals surface area contributed by atoms with Crippen LogP contribution in [-0.4, -0.2) is 180 Å². The third kappa shape index (κ3) is 20.3. The van der Waals surface area contributed by atoms with E-state index >= 15 is 19.2 Å². The fraction of sp³-hybridized carbons (Fsp3) is 0.361. The lowest BCUT2D eigenvalue weighted by Gasteiger charge is -2.31. The molecule has 5 aromatic carbocycles. The van der Waals surface area contributed by atoms with Crippen molar-refractivity contribution in [3.05, 3.63) is 167 Å². The molecule has 8 atom stereocenters. The number of benzene rings is 5. The fourth-order valence-corrected chi connectivity index (χ4v) is 14.8. The molecule has 0 bridgehead atoms. The summed E-state index contributed by atoms with van der Waals surface area (Å²) in [5.41, 5.74) is 15.6. The van der Waals surface area contributed by atoms with E-state index in [0.717, 1.165) is 28.0 Å². The van der Waals surface area contributed by atoms with Gasteiger partial charge in [0.05, 0.1) is 25.0 Å². The van der Waals surface area contributed by atoms with Gasteiger partial charge in [0.25, 0.3) is 0 Å². The van der Waals surface area contributed by atoms with Crippen molar-refractivity contribution >= 4 is 121 Å². The first kappa shape index (κ1) is 75.8. The highest BCUT2D eigenvalue weighted by Gasteiger charge is 2.41. The largest absolute Gasteiger partial charge is 0.508 e. The Balaban J connectivity index is 0.988. The maximum Gasteiger partial charge on any atom is 0.305 e. The van der Waals surface area contributed by atoms with Crippen LogP contribution >= 0.6 is 23.5 Å². The van der Waals surface area contributed by atoms with E-state index in [1.807, 2.05) is 36.4 Å². The second-order valence-electron chi connectivity index (χ2n) is 25.5. The number of carboxylic acid groups (broad SMARTS) is 1. The van der Waals surface area contributed by atoms with Crippen LogP contribution in [0.5, 0.6) is 5.75 Å². The van der Waals surface area contributed by atoms with Crippen LogP contribution in [0.2, 0.25) is 0 Å². The number of carbonyl (C=O) groups excluding carboxylic acids is 10. The summed E-state index contributed by atoms with van der Waals surface area (Å²) in [6.45, 7) is -0.428. The van der Waals surface area contributed by atoms with Crippen molar-refractivity contribution in [3.63, 3.8) is 0 Å². The van der Waals surface area contributed by atoms with E-state index in [-0.39, 0.29) is 73.3 Å². The van der Waals surface area contributed by atoms with Crippen LogP contribution in [0.3, 0.4) is 0 Å². The third-order valence-electron chi connectivity index (χ3n) is 18.1. The van der Waals surface area contributed by atoms with Gasteiger partial charge in [-0.25, -0.2) is 13.8 Å². The molecule has 2 aliphatic heterocycles. The Labute approximate surface area is 603 Å². The van der Waals surface area contributed by atoms with E-state index in [1.165, 1.54) is 108 Å². The first-order chi connectivity index (χ1) is 50.1. The van der Waals surface area contributed by atoms with Crippen LogP contribution in [0.15, 0.2) is 122 Å².